The predicted octanol–water partition coefficient (Wildman–Crippen LogP) is 7.10. The second-order valence-corrected chi connectivity index (χ2v) is 11.1. The Labute approximate surface area is 235 Å². The fraction of sp³-hybridized carbons (Fsp3) is 0.147. The Bertz CT molecular complexity index is 1720. The summed E-state index contributed by atoms with van der Waals surface area (Å²) in [6, 6.07) is 23.6. The van der Waals surface area contributed by atoms with Crippen LogP contribution in [0.1, 0.15) is 53.7 Å². The molecule has 1 saturated heterocycles. The molecule has 2 heterocycles. The molecule has 2 aliphatic heterocycles. The van der Waals surface area contributed by atoms with E-state index in [0.717, 1.165) is 11.1 Å². The SMILES string of the molecule is Cc1ccc(C(=O)[C@@H]2[C@H](c3ccc(F)cc3)C3(C(=O)c4ccccc4C3=O)[C@@H]3C=Cc4cc(Cl)ccc4N23)cc1. The van der Waals surface area contributed by atoms with Crippen LogP contribution in [0.3, 0.4) is 0 Å². The molecule has 0 radical (unpaired) electrons. The molecule has 0 N–H and O–H groups in total. The molecule has 1 aliphatic carbocycles. The van der Waals surface area contributed by atoms with Gasteiger partial charge in [0.15, 0.2) is 17.3 Å². The van der Waals surface area contributed by atoms with Gasteiger partial charge in [0.1, 0.15) is 17.3 Å². The van der Waals surface area contributed by atoms with E-state index in [9.17, 15) is 18.8 Å². The molecule has 3 aliphatic rings. The number of aryl methyl sites for hydroxylation is 1. The molecular weight excluding hydrogens is 525 g/mol. The zero-order valence-corrected chi connectivity index (χ0v) is 22.2. The highest BCUT2D eigenvalue weighted by atomic mass is 35.5. The number of rotatable bonds is 3. The lowest BCUT2D eigenvalue weighted by atomic mass is 9.64. The number of Topliss-reactive ketones (excluding diaryl/α,β-unsaturated/α-hetero) is 3. The van der Waals surface area contributed by atoms with Crippen molar-refractivity contribution in [2.75, 3.05) is 4.90 Å². The fourth-order valence-corrected chi connectivity index (χ4v) is 7.06. The molecule has 4 nitrogen and oxygen atoms in total. The average molecular weight is 548 g/mol. The summed E-state index contributed by atoms with van der Waals surface area (Å²) in [5, 5.41) is 0.535. The van der Waals surface area contributed by atoms with Crippen LogP contribution in [0.15, 0.2) is 97.1 Å². The number of anilines is 1. The van der Waals surface area contributed by atoms with E-state index < -0.39 is 29.2 Å². The van der Waals surface area contributed by atoms with Crippen molar-refractivity contribution in [3.05, 3.63) is 141 Å². The van der Waals surface area contributed by atoms with E-state index in [1.165, 1.54) is 12.1 Å². The van der Waals surface area contributed by atoms with E-state index >= 15 is 0 Å². The molecule has 0 bridgehead atoms. The van der Waals surface area contributed by atoms with Crippen LogP contribution in [0.5, 0.6) is 0 Å². The highest BCUT2D eigenvalue weighted by Gasteiger charge is 2.71. The van der Waals surface area contributed by atoms with E-state index in [4.69, 9.17) is 11.6 Å². The molecule has 7 rings (SSSR count). The minimum Gasteiger partial charge on any atom is -0.352 e. The van der Waals surface area contributed by atoms with Crippen LogP contribution < -0.4 is 4.90 Å². The van der Waals surface area contributed by atoms with E-state index in [1.807, 2.05) is 48.2 Å². The maximum absolute atomic E-state index is 14.6. The number of hydrogen-bond acceptors (Lipinski definition) is 4. The number of nitrogens with zero attached hydrogens (tertiary/aromatic N) is 1. The molecule has 6 heteroatoms. The van der Waals surface area contributed by atoms with Crippen molar-refractivity contribution in [3.63, 3.8) is 0 Å². The lowest BCUT2D eigenvalue weighted by Gasteiger charge is -2.37. The second-order valence-electron chi connectivity index (χ2n) is 10.7. The summed E-state index contributed by atoms with van der Waals surface area (Å²) < 4.78 is 14.2. The Balaban J connectivity index is 1.54. The molecular formula is C34H23ClFNO3. The summed E-state index contributed by atoms with van der Waals surface area (Å²) in [6.07, 6.45) is 3.72. The average Bonchev–Trinajstić information content (AvgIpc) is 3.39. The Morgan fingerprint density at radius 2 is 1.52 bits per heavy atom. The highest BCUT2D eigenvalue weighted by molar-refractivity contribution is 6.32. The number of ketones is 3. The van der Waals surface area contributed by atoms with Crippen molar-refractivity contribution >= 4 is 40.7 Å². The first-order chi connectivity index (χ1) is 19.3. The van der Waals surface area contributed by atoms with Gasteiger partial charge in [-0.3, -0.25) is 14.4 Å². The molecule has 40 heavy (non-hydrogen) atoms. The second kappa shape index (κ2) is 8.83. The Morgan fingerprint density at radius 1 is 0.875 bits per heavy atom. The zero-order valence-electron chi connectivity index (χ0n) is 21.5. The van der Waals surface area contributed by atoms with Crippen LogP contribution in [-0.2, 0) is 0 Å². The number of fused-ring (bicyclic) bond motifs is 5. The molecule has 1 fully saturated rings. The van der Waals surface area contributed by atoms with Gasteiger partial charge in [-0.25, -0.2) is 4.39 Å². The molecule has 0 unspecified atom stereocenters. The third-order valence-electron chi connectivity index (χ3n) is 8.60. The number of hydrogen-bond donors (Lipinski definition) is 0. The van der Waals surface area contributed by atoms with Crippen LogP contribution in [0.2, 0.25) is 5.02 Å². The number of benzene rings is 4. The van der Waals surface area contributed by atoms with Crippen molar-refractivity contribution in [1.82, 2.24) is 0 Å². The minimum absolute atomic E-state index is 0.219. The smallest absolute Gasteiger partial charge is 0.185 e. The minimum atomic E-state index is -1.62. The molecule has 4 aromatic carbocycles. The Morgan fingerprint density at radius 3 is 2.17 bits per heavy atom. The van der Waals surface area contributed by atoms with Gasteiger partial charge in [0.05, 0.1) is 6.04 Å². The molecule has 0 saturated carbocycles. The summed E-state index contributed by atoms with van der Waals surface area (Å²) in [7, 11) is 0. The van der Waals surface area contributed by atoms with Crippen molar-refractivity contribution in [2.24, 2.45) is 5.41 Å². The van der Waals surface area contributed by atoms with E-state index in [1.54, 1.807) is 54.6 Å². The normalized spacial score (nSPS) is 21.9. The summed E-state index contributed by atoms with van der Waals surface area (Å²) >= 11 is 6.33. The number of halogens is 2. The topological polar surface area (TPSA) is 54.5 Å². The lowest BCUT2D eigenvalue weighted by molar-refractivity contribution is 0.0666. The number of carbonyl (C=O) groups is 3. The standard InChI is InChI=1S/C34H23ClFNO3/c1-19-6-8-21(9-7-19)31(38)30-29(20-10-14-24(36)15-11-20)34(32(39)25-4-2-3-5-26(25)33(34)40)28-17-12-22-18-23(35)13-16-27(22)37(28)30/h2-18,28-30H,1H3/t28-,29-,30-/m0/s1. The van der Waals surface area contributed by atoms with Gasteiger partial charge in [-0.15, -0.1) is 0 Å². The maximum atomic E-state index is 14.6. The van der Waals surface area contributed by atoms with Gasteiger partial charge in [0, 0.05) is 33.3 Å². The molecule has 4 aromatic rings. The van der Waals surface area contributed by atoms with Crippen LogP contribution >= 0.6 is 11.6 Å². The molecule has 0 aromatic heterocycles. The Kier molecular flexibility index (Phi) is 5.45. The molecule has 0 amide bonds. The first-order valence-corrected chi connectivity index (χ1v) is 13.5. The maximum Gasteiger partial charge on any atom is 0.185 e. The van der Waals surface area contributed by atoms with Crippen LogP contribution in [-0.4, -0.2) is 29.4 Å². The van der Waals surface area contributed by atoms with E-state index in [-0.39, 0.29) is 17.3 Å². The summed E-state index contributed by atoms with van der Waals surface area (Å²) in [6.45, 7) is 1.94. The van der Waals surface area contributed by atoms with Gasteiger partial charge in [-0.1, -0.05) is 90.0 Å². The predicted molar refractivity (Wildman–Crippen MR) is 153 cm³/mol. The summed E-state index contributed by atoms with van der Waals surface area (Å²) in [4.78, 5) is 45.6. The van der Waals surface area contributed by atoms with Crippen LogP contribution in [0.25, 0.3) is 6.08 Å². The van der Waals surface area contributed by atoms with Crippen molar-refractivity contribution in [1.29, 1.82) is 0 Å². The van der Waals surface area contributed by atoms with Gasteiger partial charge < -0.3 is 4.90 Å². The number of carbonyl (C=O) groups excluding carboxylic acids is 3. The first kappa shape index (κ1) is 24.7. The van der Waals surface area contributed by atoms with Gasteiger partial charge in [-0.2, -0.15) is 0 Å². The highest BCUT2D eigenvalue weighted by Crippen LogP contribution is 2.61. The quantitative estimate of drug-likeness (QED) is 0.203. The van der Waals surface area contributed by atoms with Crippen molar-refractivity contribution in [2.45, 2.75) is 24.9 Å². The third kappa shape index (κ3) is 3.28. The van der Waals surface area contributed by atoms with Crippen LogP contribution in [0.4, 0.5) is 10.1 Å². The Hall–Kier alpha value is -4.35. The molecule has 3 atom stereocenters. The van der Waals surface area contributed by atoms with Crippen molar-refractivity contribution < 1.29 is 18.8 Å². The van der Waals surface area contributed by atoms with Gasteiger partial charge in [0.25, 0.3) is 0 Å². The molecule has 1 spiro atoms. The van der Waals surface area contributed by atoms with Gasteiger partial charge >= 0.3 is 0 Å². The summed E-state index contributed by atoms with van der Waals surface area (Å²) in [5.41, 5.74) is 2.60. The first-order valence-electron chi connectivity index (χ1n) is 13.1. The zero-order chi connectivity index (χ0) is 27.8. The summed E-state index contributed by atoms with van der Waals surface area (Å²) in [5.74, 6) is -2.19. The van der Waals surface area contributed by atoms with Crippen LogP contribution in [0, 0.1) is 18.2 Å². The molecule has 196 valence electrons. The monoisotopic (exact) mass is 547 g/mol. The van der Waals surface area contributed by atoms with Gasteiger partial charge in [0.2, 0.25) is 0 Å². The van der Waals surface area contributed by atoms with E-state index in [2.05, 4.69) is 0 Å². The van der Waals surface area contributed by atoms with Gasteiger partial charge in [-0.05, 0) is 48.4 Å². The van der Waals surface area contributed by atoms with Crippen molar-refractivity contribution in [3.8, 4) is 0 Å². The lowest BCUT2D eigenvalue weighted by Crippen LogP contribution is -2.48. The third-order valence-corrected chi connectivity index (χ3v) is 8.83. The largest absolute Gasteiger partial charge is 0.352 e. The fourth-order valence-electron chi connectivity index (χ4n) is 6.88. The van der Waals surface area contributed by atoms with E-state index in [0.29, 0.717) is 33.0 Å².